The number of nitrogens with zero attached hydrogens (tertiary/aromatic N) is 2. The zero-order valence-corrected chi connectivity index (χ0v) is 13.9. The molecule has 7 nitrogen and oxygen atoms in total. The van der Waals surface area contributed by atoms with Gasteiger partial charge in [-0.25, -0.2) is 9.99 Å². The standard InChI is InChI=1S/C9H7NS.C7H13N3O3/c1-2-4-8(5-3-1)9-6-11-7-10-9;8-2-6(11)4-1-5(7(12)13)10(9)3-4/h1-7H;4-5H,1-3,8-9H2,(H,12,13)/t;4-,5+/m.1/s1. The molecule has 1 aliphatic heterocycles. The molecule has 1 aromatic heterocycles. The zero-order valence-electron chi connectivity index (χ0n) is 13.0. The molecule has 5 N–H and O–H groups in total. The maximum atomic E-state index is 11.1. The first-order valence-electron chi connectivity index (χ1n) is 7.43. The van der Waals surface area contributed by atoms with Crippen molar-refractivity contribution in [3.05, 3.63) is 41.2 Å². The summed E-state index contributed by atoms with van der Waals surface area (Å²) in [6.45, 7) is 0.234. The Labute approximate surface area is 143 Å². The van der Waals surface area contributed by atoms with Gasteiger partial charge in [-0.1, -0.05) is 30.3 Å². The summed E-state index contributed by atoms with van der Waals surface area (Å²) in [5, 5.41) is 11.9. The first kappa shape index (κ1) is 18.2. The third kappa shape index (κ3) is 4.68. The van der Waals surface area contributed by atoms with Crippen LogP contribution < -0.4 is 11.6 Å². The number of rotatable bonds is 4. The first-order valence-corrected chi connectivity index (χ1v) is 8.37. The van der Waals surface area contributed by atoms with Crippen LogP contribution in [0, 0.1) is 5.92 Å². The Bertz CT molecular complexity index is 663. The Morgan fingerprint density at radius 1 is 1.33 bits per heavy atom. The number of benzene rings is 1. The highest BCUT2D eigenvalue weighted by Gasteiger charge is 2.37. The van der Waals surface area contributed by atoms with Gasteiger partial charge >= 0.3 is 5.97 Å². The maximum Gasteiger partial charge on any atom is 0.322 e. The van der Waals surface area contributed by atoms with Gasteiger partial charge in [0.25, 0.3) is 0 Å². The Kier molecular flexibility index (Phi) is 6.56. The molecule has 2 heterocycles. The van der Waals surface area contributed by atoms with Gasteiger partial charge in [-0.15, -0.1) is 11.3 Å². The van der Waals surface area contributed by atoms with Crippen LogP contribution in [0.15, 0.2) is 41.2 Å². The highest BCUT2D eigenvalue weighted by molar-refractivity contribution is 7.07. The predicted molar refractivity (Wildman–Crippen MR) is 92.0 cm³/mol. The van der Waals surface area contributed by atoms with Crippen LogP contribution in [0.4, 0.5) is 0 Å². The number of carbonyl (C=O) groups is 2. The van der Waals surface area contributed by atoms with E-state index >= 15 is 0 Å². The summed E-state index contributed by atoms with van der Waals surface area (Å²) >= 11 is 1.62. The second kappa shape index (κ2) is 8.65. The van der Waals surface area contributed by atoms with Crippen molar-refractivity contribution < 1.29 is 14.7 Å². The van der Waals surface area contributed by atoms with Crippen LogP contribution in [0.5, 0.6) is 0 Å². The van der Waals surface area contributed by atoms with Crippen molar-refractivity contribution in [1.29, 1.82) is 0 Å². The third-order valence-electron chi connectivity index (χ3n) is 3.78. The van der Waals surface area contributed by atoms with Gasteiger partial charge in [0, 0.05) is 23.4 Å². The number of aromatic nitrogens is 1. The molecular weight excluding hydrogens is 328 g/mol. The molecule has 1 aromatic carbocycles. The number of thiazole rings is 1. The number of carbonyl (C=O) groups excluding carboxylic acids is 1. The van der Waals surface area contributed by atoms with E-state index in [0.717, 1.165) is 5.69 Å². The summed E-state index contributed by atoms with van der Waals surface area (Å²) in [4.78, 5) is 25.9. The molecule has 8 heteroatoms. The normalized spacial score (nSPS) is 20.2. The smallest absolute Gasteiger partial charge is 0.322 e. The van der Waals surface area contributed by atoms with Gasteiger partial charge in [0.05, 0.1) is 17.7 Å². The highest BCUT2D eigenvalue weighted by Crippen LogP contribution is 2.20. The van der Waals surface area contributed by atoms with Crippen molar-refractivity contribution in [1.82, 2.24) is 9.99 Å². The van der Waals surface area contributed by atoms with E-state index in [9.17, 15) is 9.59 Å². The Morgan fingerprint density at radius 2 is 2.04 bits per heavy atom. The molecule has 1 fully saturated rings. The molecule has 0 aliphatic carbocycles. The van der Waals surface area contributed by atoms with Crippen LogP contribution in [0.25, 0.3) is 11.3 Å². The lowest BCUT2D eigenvalue weighted by atomic mass is 10.0. The van der Waals surface area contributed by atoms with Gasteiger partial charge < -0.3 is 10.8 Å². The minimum Gasteiger partial charge on any atom is -0.480 e. The maximum absolute atomic E-state index is 11.1. The second-order valence-corrected chi connectivity index (χ2v) is 6.11. The molecule has 0 unspecified atom stereocenters. The molecule has 1 aliphatic rings. The van der Waals surface area contributed by atoms with Crippen molar-refractivity contribution in [3.8, 4) is 11.3 Å². The van der Waals surface area contributed by atoms with Gasteiger partial charge in [0.15, 0.2) is 5.78 Å². The molecule has 0 amide bonds. The summed E-state index contributed by atoms with van der Waals surface area (Å²) < 4.78 is 0. The van der Waals surface area contributed by atoms with Gasteiger partial charge in [0.2, 0.25) is 0 Å². The largest absolute Gasteiger partial charge is 0.480 e. The highest BCUT2D eigenvalue weighted by atomic mass is 32.1. The Balaban J connectivity index is 0.000000175. The molecule has 128 valence electrons. The number of ketones is 1. The van der Waals surface area contributed by atoms with E-state index in [1.807, 2.05) is 23.7 Å². The SMILES string of the molecule is NCC(=O)[C@@H]1C[C@@H](C(=O)O)N(N)C1.c1ccc(-c2cscn2)cc1. The molecule has 1 saturated heterocycles. The molecule has 0 saturated carbocycles. The quantitative estimate of drug-likeness (QED) is 0.704. The molecule has 3 rings (SSSR count). The third-order valence-corrected chi connectivity index (χ3v) is 4.37. The van der Waals surface area contributed by atoms with Gasteiger partial charge in [0.1, 0.15) is 6.04 Å². The molecule has 2 atom stereocenters. The van der Waals surface area contributed by atoms with Gasteiger partial charge in [-0.3, -0.25) is 15.4 Å². The molecule has 0 radical (unpaired) electrons. The van der Waals surface area contributed by atoms with E-state index in [-0.39, 0.29) is 31.2 Å². The van der Waals surface area contributed by atoms with Crippen LogP contribution in [0.2, 0.25) is 0 Å². The van der Waals surface area contributed by atoms with E-state index < -0.39 is 12.0 Å². The van der Waals surface area contributed by atoms with Gasteiger partial charge in [-0.2, -0.15) is 0 Å². The van der Waals surface area contributed by atoms with Gasteiger partial charge in [-0.05, 0) is 6.42 Å². The van der Waals surface area contributed by atoms with Crippen LogP contribution in [-0.4, -0.2) is 46.0 Å². The number of hydrogen-bond acceptors (Lipinski definition) is 7. The van der Waals surface area contributed by atoms with Crippen LogP contribution in [0.3, 0.4) is 0 Å². The van der Waals surface area contributed by atoms with E-state index in [0.29, 0.717) is 0 Å². The summed E-state index contributed by atoms with van der Waals surface area (Å²) in [7, 11) is 0. The van der Waals surface area contributed by atoms with Crippen molar-refractivity contribution in [3.63, 3.8) is 0 Å². The van der Waals surface area contributed by atoms with Crippen molar-refractivity contribution in [2.45, 2.75) is 12.5 Å². The summed E-state index contributed by atoms with van der Waals surface area (Å²) in [6.07, 6.45) is 0.266. The fraction of sp³-hybridized carbons (Fsp3) is 0.312. The molecule has 0 spiro atoms. The number of carboxylic acids is 1. The van der Waals surface area contributed by atoms with E-state index in [1.54, 1.807) is 11.3 Å². The number of hydrogen-bond donors (Lipinski definition) is 3. The predicted octanol–water partition coefficient (Wildman–Crippen LogP) is 0.973. The number of nitrogens with two attached hydrogens (primary N) is 2. The monoisotopic (exact) mass is 348 g/mol. The molecule has 0 bridgehead atoms. The first-order chi connectivity index (χ1) is 11.5. The average molecular weight is 348 g/mol. The number of Topliss-reactive ketones (excluding diaryl/α,β-unsaturated/α-hetero) is 1. The Hall–Kier alpha value is -2.13. The Morgan fingerprint density at radius 3 is 2.54 bits per heavy atom. The number of carboxylic acid groups (broad SMARTS) is 1. The lowest BCUT2D eigenvalue weighted by Crippen LogP contribution is -2.41. The minimum absolute atomic E-state index is 0.0507. The number of hydrazine groups is 1. The summed E-state index contributed by atoms with van der Waals surface area (Å²) in [6, 6.07) is 9.43. The zero-order chi connectivity index (χ0) is 17.5. The van der Waals surface area contributed by atoms with Crippen LogP contribution in [0.1, 0.15) is 6.42 Å². The number of aliphatic carboxylic acids is 1. The minimum atomic E-state index is -0.991. The second-order valence-electron chi connectivity index (χ2n) is 5.39. The van der Waals surface area contributed by atoms with E-state index in [4.69, 9.17) is 16.7 Å². The lowest BCUT2D eigenvalue weighted by molar-refractivity contribution is -0.142. The van der Waals surface area contributed by atoms with E-state index in [1.165, 1.54) is 10.6 Å². The lowest BCUT2D eigenvalue weighted by Gasteiger charge is -2.12. The van der Waals surface area contributed by atoms with Crippen LogP contribution >= 0.6 is 11.3 Å². The molecular formula is C16H20N4O3S. The molecule has 2 aromatic rings. The van der Waals surface area contributed by atoms with Crippen molar-refractivity contribution >= 4 is 23.1 Å². The van der Waals surface area contributed by atoms with Crippen molar-refractivity contribution in [2.24, 2.45) is 17.5 Å². The molecule has 24 heavy (non-hydrogen) atoms. The summed E-state index contributed by atoms with van der Waals surface area (Å²) in [5.41, 5.74) is 9.27. The van der Waals surface area contributed by atoms with Crippen LogP contribution in [-0.2, 0) is 9.59 Å². The fourth-order valence-corrected chi connectivity index (χ4v) is 3.03. The average Bonchev–Trinajstić information content (AvgIpc) is 3.25. The summed E-state index contributed by atoms with van der Waals surface area (Å²) in [5.74, 6) is 3.98. The van der Waals surface area contributed by atoms with Crippen molar-refractivity contribution in [2.75, 3.05) is 13.1 Å². The topological polar surface area (TPSA) is 123 Å². The van der Waals surface area contributed by atoms with E-state index in [2.05, 4.69) is 22.5 Å². The fourth-order valence-electron chi connectivity index (χ4n) is 2.47.